The van der Waals surface area contributed by atoms with Crippen molar-refractivity contribution in [2.45, 2.75) is 25.1 Å². The SMILES string of the molecule is Cc1cccc(CS(=O)(=O)N2CCC(N3C(=O)COC3=O)C2)c1. The Hall–Kier alpha value is -1.93. The van der Waals surface area contributed by atoms with Crippen molar-refractivity contribution in [3.63, 3.8) is 0 Å². The summed E-state index contributed by atoms with van der Waals surface area (Å²) in [6, 6.07) is 6.91. The summed E-state index contributed by atoms with van der Waals surface area (Å²) in [6.07, 6.45) is -0.244. The summed E-state index contributed by atoms with van der Waals surface area (Å²) in [5, 5.41) is 0. The number of amides is 2. The average Bonchev–Trinajstić information content (AvgIpc) is 3.06. The fourth-order valence-corrected chi connectivity index (χ4v) is 4.56. The van der Waals surface area contributed by atoms with Crippen LogP contribution in [0.1, 0.15) is 17.5 Å². The van der Waals surface area contributed by atoms with Gasteiger partial charge in [0.1, 0.15) is 0 Å². The number of carbonyl (C=O) groups excluding carboxylic acids is 2. The fourth-order valence-electron chi connectivity index (χ4n) is 2.99. The Balaban J connectivity index is 1.70. The van der Waals surface area contributed by atoms with Gasteiger partial charge in [-0.25, -0.2) is 18.1 Å². The molecule has 1 aromatic carbocycles. The predicted molar refractivity (Wildman–Crippen MR) is 82.0 cm³/mol. The van der Waals surface area contributed by atoms with Crippen molar-refractivity contribution in [1.29, 1.82) is 0 Å². The second kappa shape index (κ2) is 5.93. The highest BCUT2D eigenvalue weighted by Gasteiger charge is 2.42. The molecule has 0 radical (unpaired) electrons. The molecule has 2 aliphatic heterocycles. The quantitative estimate of drug-likeness (QED) is 0.814. The third-order valence-electron chi connectivity index (χ3n) is 4.10. The minimum Gasteiger partial charge on any atom is -0.439 e. The van der Waals surface area contributed by atoms with Crippen molar-refractivity contribution >= 4 is 22.0 Å². The van der Waals surface area contributed by atoms with E-state index in [2.05, 4.69) is 4.74 Å². The van der Waals surface area contributed by atoms with E-state index in [1.54, 1.807) is 6.07 Å². The van der Waals surface area contributed by atoms with Gasteiger partial charge in [-0.2, -0.15) is 4.31 Å². The molecule has 2 heterocycles. The summed E-state index contributed by atoms with van der Waals surface area (Å²) in [7, 11) is -3.48. The van der Waals surface area contributed by atoms with Crippen LogP contribution in [-0.2, 0) is 25.3 Å². The first kappa shape index (κ1) is 15.9. The van der Waals surface area contributed by atoms with Crippen LogP contribution >= 0.6 is 0 Å². The molecule has 2 fully saturated rings. The molecule has 23 heavy (non-hydrogen) atoms. The largest absolute Gasteiger partial charge is 0.439 e. The summed E-state index contributed by atoms with van der Waals surface area (Å²) < 4.78 is 31.1. The maximum atomic E-state index is 12.5. The van der Waals surface area contributed by atoms with E-state index in [0.717, 1.165) is 16.0 Å². The van der Waals surface area contributed by atoms with E-state index >= 15 is 0 Å². The Kier molecular flexibility index (Phi) is 4.11. The number of benzene rings is 1. The van der Waals surface area contributed by atoms with Gasteiger partial charge in [0, 0.05) is 13.1 Å². The summed E-state index contributed by atoms with van der Waals surface area (Å²) in [5.41, 5.74) is 1.73. The topological polar surface area (TPSA) is 84.0 Å². The Morgan fingerprint density at radius 3 is 2.74 bits per heavy atom. The van der Waals surface area contributed by atoms with Gasteiger partial charge in [0.05, 0.1) is 11.8 Å². The first-order valence-electron chi connectivity index (χ1n) is 7.39. The molecule has 0 saturated carbocycles. The van der Waals surface area contributed by atoms with Gasteiger partial charge in [-0.15, -0.1) is 0 Å². The molecule has 0 N–H and O–H groups in total. The number of aryl methyl sites for hydroxylation is 1. The zero-order valence-corrected chi connectivity index (χ0v) is 13.6. The van der Waals surface area contributed by atoms with Gasteiger partial charge in [0.2, 0.25) is 10.0 Å². The van der Waals surface area contributed by atoms with Crippen molar-refractivity contribution in [1.82, 2.24) is 9.21 Å². The summed E-state index contributed by atoms with van der Waals surface area (Å²) in [5.74, 6) is -0.488. The van der Waals surface area contributed by atoms with Crippen LogP contribution in [0.15, 0.2) is 24.3 Å². The number of imide groups is 1. The summed E-state index contributed by atoms with van der Waals surface area (Å²) in [6.45, 7) is 2.09. The Labute approximate surface area is 134 Å². The van der Waals surface area contributed by atoms with Crippen LogP contribution in [0.4, 0.5) is 4.79 Å². The number of ether oxygens (including phenoxy) is 1. The van der Waals surface area contributed by atoms with E-state index in [1.807, 2.05) is 25.1 Å². The highest BCUT2D eigenvalue weighted by atomic mass is 32.2. The summed E-state index contributed by atoms with van der Waals surface area (Å²) in [4.78, 5) is 24.3. The Bertz CT molecular complexity index is 730. The molecule has 0 bridgehead atoms. The Morgan fingerprint density at radius 2 is 2.09 bits per heavy atom. The van der Waals surface area contributed by atoms with E-state index in [-0.39, 0.29) is 18.9 Å². The maximum Gasteiger partial charge on any atom is 0.417 e. The zero-order valence-electron chi connectivity index (χ0n) is 12.8. The molecular weight excluding hydrogens is 320 g/mol. The van der Waals surface area contributed by atoms with Crippen LogP contribution < -0.4 is 0 Å². The number of sulfonamides is 1. The Morgan fingerprint density at radius 1 is 1.30 bits per heavy atom. The number of hydrogen-bond donors (Lipinski definition) is 0. The second-order valence-corrected chi connectivity index (χ2v) is 7.83. The molecule has 7 nitrogen and oxygen atoms in total. The van der Waals surface area contributed by atoms with Gasteiger partial charge in [-0.1, -0.05) is 29.8 Å². The van der Waals surface area contributed by atoms with Gasteiger partial charge < -0.3 is 4.74 Å². The van der Waals surface area contributed by atoms with E-state index in [1.165, 1.54) is 4.31 Å². The van der Waals surface area contributed by atoms with E-state index in [0.29, 0.717) is 13.0 Å². The lowest BCUT2D eigenvalue weighted by molar-refractivity contribution is -0.127. The fraction of sp³-hybridized carbons (Fsp3) is 0.467. The predicted octanol–water partition coefficient (Wildman–Crippen LogP) is 0.878. The molecule has 2 saturated heterocycles. The molecule has 2 amide bonds. The van der Waals surface area contributed by atoms with Gasteiger partial charge >= 0.3 is 6.09 Å². The zero-order chi connectivity index (χ0) is 16.6. The maximum absolute atomic E-state index is 12.5. The van der Waals surface area contributed by atoms with Crippen LogP contribution in [0, 0.1) is 6.92 Å². The van der Waals surface area contributed by atoms with Crippen molar-refractivity contribution in [3.8, 4) is 0 Å². The molecular formula is C15H18N2O5S. The van der Waals surface area contributed by atoms with Crippen LogP contribution in [0.3, 0.4) is 0 Å². The molecule has 3 rings (SSSR count). The second-order valence-electron chi connectivity index (χ2n) is 5.86. The first-order chi connectivity index (χ1) is 10.9. The van der Waals surface area contributed by atoms with Gasteiger partial charge in [-0.3, -0.25) is 4.79 Å². The van der Waals surface area contributed by atoms with Gasteiger partial charge in [0.25, 0.3) is 5.91 Å². The lowest BCUT2D eigenvalue weighted by Gasteiger charge is -2.20. The molecule has 2 aliphatic rings. The van der Waals surface area contributed by atoms with Gasteiger partial charge in [0.15, 0.2) is 6.61 Å². The minimum absolute atomic E-state index is 0.0835. The minimum atomic E-state index is -3.48. The molecule has 1 aromatic rings. The van der Waals surface area contributed by atoms with Crippen LogP contribution in [0.25, 0.3) is 0 Å². The van der Waals surface area contributed by atoms with Crippen molar-refractivity contribution in [2.24, 2.45) is 0 Å². The standard InChI is InChI=1S/C15H18N2O5S/c1-11-3-2-4-12(7-11)10-23(20,21)16-6-5-13(8-16)17-14(18)9-22-15(17)19/h2-4,7,13H,5-6,8-10H2,1H3. The van der Waals surface area contributed by atoms with E-state index in [9.17, 15) is 18.0 Å². The van der Waals surface area contributed by atoms with Crippen molar-refractivity contribution in [2.75, 3.05) is 19.7 Å². The molecule has 8 heteroatoms. The highest BCUT2D eigenvalue weighted by Crippen LogP contribution is 2.24. The highest BCUT2D eigenvalue weighted by molar-refractivity contribution is 7.88. The van der Waals surface area contributed by atoms with Crippen molar-refractivity contribution < 1.29 is 22.7 Å². The number of rotatable bonds is 4. The normalized spacial score (nSPS) is 22.7. The molecule has 0 aliphatic carbocycles. The lowest BCUT2D eigenvalue weighted by atomic mass is 10.2. The molecule has 1 atom stereocenters. The monoisotopic (exact) mass is 338 g/mol. The van der Waals surface area contributed by atoms with E-state index < -0.39 is 28.1 Å². The molecule has 0 spiro atoms. The van der Waals surface area contributed by atoms with Crippen LogP contribution in [-0.4, -0.2) is 55.4 Å². The third kappa shape index (κ3) is 3.23. The average molecular weight is 338 g/mol. The number of nitrogens with zero attached hydrogens (tertiary/aromatic N) is 2. The lowest BCUT2D eigenvalue weighted by Crippen LogP contribution is -2.42. The molecule has 124 valence electrons. The smallest absolute Gasteiger partial charge is 0.417 e. The van der Waals surface area contributed by atoms with Gasteiger partial charge in [-0.05, 0) is 18.9 Å². The number of hydrogen-bond acceptors (Lipinski definition) is 5. The van der Waals surface area contributed by atoms with Crippen molar-refractivity contribution in [3.05, 3.63) is 35.4 Å². The van der Waals surface area contributed by atoms with E-state index in [4.69, 9.17) is 0 Å². The van der Waals surface area contributed by atoms with Crippen LogP contribution in [0.2, 0.25) is 0 Å². The first-order valence-corrected chi connectivity index (χ1v) is 9.00. The summed E-state index contributed by atoms with van der Waals surface area (Å²) >= 11 is 0. The molecule has 1 unspecified atom stereocenters. The number of cyclic esters (lactones) is 1. The molecule has 0 aromatic heterocycles. The number of carbonyl (C=O) groups is 2. The van der Waals surface area contributed by atoms with Crippen LogP contribution in [0.5, 0.6) is 0 Å². The third-order valence-corrected chi connectivity index (χ3v) is 5.92.